The van der Waals surface area contributed by atoms with Crippen LogP contribution in [-0.4, -0.2) is 52.7 Å². The van der Waals surface area contributed by atoms with Gasteiger partial charge in [0.25, 0.3) is 10.0 Å². The molecule has 1 aliphatic rings. The second kappa shape index (κ2) is 5.08. The molecule has 3 N–H and O–H groups in total. The summed E-state index contributed by atoms with van der Waals surface area (Å²) < 4.78 is 47.6. The molecule has 0 atom stereocenters. The number of nitrogens with one attached hydrogen (secondary N) is 1. The third kappa shape index (κ3) is 2.87. The van der Waals surface area contributed by atoms with Crippen LogP contribution >= 0.6 is 11.6 Å². The van der Waals surface area contributed by atoms with Crippen LogP contribution in [0, 0.1) is 0 Å². The number of aliphatic imine (C=N–C) groups is 1. The molecule has 0 bridgehead atoms. The van der Waals surface area contributed by atoms with Crippen molar-refractivity contribution in [3.05, 3.63) is 17.2 Å². The van der Waals surface area contributed by atoms with E-state index in [9.17, 15) is 16.8 Å². The molecule has 0 amide bonds. The number of nitrogens with zero attached hydrogens (tertiary/aromatic N) is 1. The molecule has 94 valence electrons. The summed E-state index contributed by atoms with van der Waals surface area (Å²) in [6.45, 7) is 0. The zero-order valence-electron chi connectivity index (χ0n) is 8.08. The Bertz CT molecular complexity index is 729. The van der Waals surface area contributed by atoms with Crippen LogP contribution < -0.4 is 9.86 Å². The number of sulfonamides is 2. The Hall–Kier alpha value is -0.160. The summed E-state index contributed by atoms with van der Waals surface area (Å²) in [5.74, 6) is 0. The molecule has 2 rings (SSSR count). The summed E-state index contributed by atoms with van der Waals surface area (Å²) >= 11 is 5.69. The molecule has 7 nitrogen and oxygen atoms in total. The number of hydrogen-bond acceptors (Lipinski definition) is 5. The normalized spacial score (nSPS) is 16.3. The van der Waals surface area contributed by atoms with E-state index >= 15 is 0 Å². The summed E-state index contributed by atoms with van der Waals surface area (Å²) in [5, 5.41) is 4.73. The molecule has 1 aromatic rings. The fourth-order valence-corrected chi connectivity index (χ4v) is 3.43. The first-order chi connectivity index (χ1) is 7.72. The number of hydrogen-bond donors (Lipinski definition) is 2. The van der Waals surface area contributed by atoms with Crippen LogP contribution in [-0.2, 0) is 20.0 Å². The first-order valence-electron chi connectivity index (χ1n) is 4.13. The van der Waals surface area contributed by atoms with Gasteiger partial charge in [-0.25, -0.2) is 27.0 Å². The molecule has 0 fully saturated rings. The summed E-state index contributed by atoms with van der Waals surface area (Å²) in [7, 11) is -7.91. The van der Waals surface area contributed by atoms with E-state index in [1.165, 1.54) is 0 Å². The van der Waals surface area contributed by atoms with Gasteiger partial charge in [0.05, 0.1) is 10.7 Å². The Morgan fingerprint density at radius 3 is 2.50 bits per heavy atom. The van der Waals surface area contributed by atoms with Crippen molar-refractivity contribution in [3.8, 4) is 0 Å². The first kappa shape index (κ1) is 15.9. The molecule has 0 aliphatic carbocycles. The van der Waals surface area contributed by atoms with Gasteiger partial charge in [0.2, 0.25) is 10.0 Å². The maximum atomic E-state index is 11.6. The molecule has 0 radical (unpaired) electrons. The maximum absolute atomic E-state index is 11.6. The number of halogens is 1. The van der Waals surface area contributed by atoms with Crippen LogP contribution in [0.4, 0.5) is 5.69 Å². The van der Waals surface area contributed by atoms with E-state index in [-0.39, 0.29) is 45.2 Å². The second-order valence-corrected chi connectivity index (χ2v) is 6.79. The first-order valence-corrected chi connectivity index (χ1v) is 7.54. The van der Waals surface area contributed by atoms with Gasteiger partial charge in [-0.05, 0) is 12.1 Å². The van der Waals surface area contributed by atoms with Crippen molar-refractivity contribution in [2.24, 2.45) is 10.1 Å². The predicted octanol–water partition coefficient (Wildman–Crippen LogP) is -0.709. The van der Waals surface area contributed by atoms with Crippen molar-refractivity contribution in [2.75, 3.05) is 0 Å². The molecule has 0 saturated heterocycles. The van der Waals surface area contributed by atoms with Gasteiger partial charge in [-0.1, -0.05) is 11.6 Å². The average molecular weight is 320 g/mol. The molecule has 0 unspecified atom stereocenters. The van der Waals surface area contributed by atoms with E-state index in [0.29, 0.717) is 0 Å². The molecule has 1 aliphatic heterocycles. The van der Waals surface area contributed by atoms with Gasteiger partial charge < -0.3 is 0 Å². The van der Waals surface area contributed by atoms with Crippen LogP contribution in [0.25, 0.3) is 0 Å². The van der Waals surface area contributed by atoms with E-state index in [0.717, 1.165) is 18.5 Å². The number of fused-ring (bicyclic) bond motifs is 1. The van der Waals surface area contributed by atoms with Crippen LogP contribution in [0.5, 0.6) is 0 Å². The van der Waals surface area contributed by atoms with Gasteiger partial charge in [-0.2, -0.15) is 0 Å². The Morgan fingerprint density at radius 1 is 1.33 bits per heavy atom. The Balaban J connectivity index is 0.00000162. The number of primary sulfonamides is 1. The molecule has 1 heterocycles. The average Bonchev–Trinajstić information content (AvgIpc) is 2.13. The minimum atomic E-state index is -4.09. The fraction of sp³-hybridized carbons (Fsp3) is 0. The monoisotopic (exact) mass is 319 g/mol. The van der Waals surface area contributed by atoms with Crippen LogP contribution in [0.15, 0.2) is 26.9 Å². The van der Waals surface area contributed by atoms with Crippen LogP contribution in [0.1, 0.15) is 0 Å². The van der Waals surface area contributed by atoms with Gasteiger partial charge in [0.15, 0.2) is 0 Å². The van der Waals surface area contributed by atoms with Crippen molar-refractivity contribution < 1.29 is 16.8 Å². The van der Waals surface area contributed by atoms with E-state index in [2.05, 4.69) is 4.99 Å². The van der Waals surface area contributed by atoms with E-state index in [1.807, 2.05) is 4.72 Å². The van der Waals surface area contributed by atoms with Crippen molar-refractivity contribution in [1.29, 1.82) is 0 Å². The van der Waals surface area contributed by atoms with Gasteiger partial charge in [-0.15, -0.1) is 0 Å². The predicted molar refractivity (Wildman–Crippen MR) is 68.4 cm³/mol. The summed E-state index contributed by atoms with van der Waals surface area (Å²) in [6, 6.07) is 2.01. The Kier molecular flexibility index (Phi) is 4.49. The molecule has 1 aromatic carbocycles. The zero-order valence-corrected chi connectivity index (χ0v) is 10.5. The van der Waals surface area contributed by atoms with Gasteiger partial charge in [-0.3, -0.25) is 4.72 Å². The van der Waals surface area contributed by atoms with Gasteiger partial charge in [0, 0.05) is 0 Å². The van der Waals surface area contributed by atoms with E-state index in [1.54, 1.807) is 0 Å². The Labute approximate surface area is 131 Å². The summed E-state index contributed by atoms with van der Waals surface area (Å²) in [4.78, 5) is 3.00. The Morgan fingerprint density at radius 2 is 1.94 bits per heavy atom. The van der Waals surface area contributed by atoms with Crippen molar-refractivity contribution in [1.82, 2.24) is 4.72 Å². The second-order valence-electron chi connectivity index (χ2n) is 3.17. The van der Waals surface area contributed by atoms with Crippen molar-refractivity contribution >= 4 is 73.2 Å². The number of nitrogens with two attached hydrogens (primary N) is 1. The zero-order chi connectivity index (χ0) is 12.8. The van der Waals surface area contributed by atoms with Crippen molar-refractivity contribution in [2.45, 2.75) is 9.79 Å². The van der Waals surface area contributed by atoms with Gasteiger partial charge >= 0.3 is 29.6 Å². The van der Waals surface area contributed by atoms with Gasteiger partial charge in [0.1, 0.15) is 16.1 Å². The number of rotatable bonds is 1. The summed E-state index contributed by atoms with van der Waals surface area (Å²) in [6.07, 6.45) is 0.977. The fourth-order valence-electron chi connectivity index (χ4n) is 1.29. The van der Waals surface area contributed by atoms with Crippen molar-refractivity contribution in [3.63, 3.8) is 0 Å². The minimum absolute atomic E-state index is 0. The topological polar surface area (TPSA) is 119 Å². The molecule has 0 saturated carbocycles. The molecule has 11 heteroatoms. The van der Waals surface area contributed by atoms with E-state index < -0.39 is 24.9 Å². The molecular formula is C7H7ClN3NaO4S2. The van der Waals surface area contributed by atoms with Crippen LogP contribution in [0.2, 0.25) is 5.02 Å². The van der Waals surface area contributed by atoms with Crippen LogP contribution in [0.3, 0.4) is 0 Å². The standard InChI is InChI=1S/C7H6ClN3O4S2.Na.H/c8-4-1-5-7(2-6(4)16(9,12)13)17(14,15)11-3-10-5;;/h1-3H,(H,10,11)(H2,9,12,13);;. The SMILES string of the molecule is NS(=O)(=O)c1cc2c(cc1Cl)N=CNS2(=O)=O.[NaH]. The summed E-state index contributed by atoms with van der Waals surface area (Å²) in [5.41, 5.74) is 0.0566. The molecule has 18 heavy (non-hydrogen) atoms. The third-order valence-electron chi connectivity index (χ3n) is 2.02. The quantitative estimate of drug-likeness (QED) is 0.664. The molecule has 0 aromatic heterocycles. The molecule has 0 spiro atoms. The molecular weight excluding hydrogens is 313 g/mol. The van der Waals surface area contributed by atoms with E-state index in [4.69, 9.17) is 16.7 Å². The number of benzene rings is 1. The third-order valence-corrected chi connectivity index (χ3v) is 4.72.